The Bertz CT molecular complexity index is 946. The van der Waals surface area contributed by atoms with E-state index < -0.39 is 0 Å². The van der Waals surface area contributed by atoms with E-state index in [1.165, 1.54) is 5.56 Å². The monoisotopic (exact) mass is 421 g/mol. The molecule has 156 valence electrons. The number of carbonyl (C=O) groups excluding carboxylic acids is 1. The normalized spacial score (nSPS) is 18.0. The molecule has 4 rings (SSSR count). The maximum absolute atomic E-state index is 12.9. The van der Waals surface area contributed by atoms with Crippen molar-refractivity contribution in [3.63, 3.8) is 0 Å². The molecule has 5 nitrogen and oxygen atoms in total. The third kappa shape index (κ3) is 5.07. The van der Waals surface area contributed by atoms with Crippen LogP contribution >= 0.6 is 11.3 Å². The zero-order valence-corrected chi connectivity index (χ0v) is 18.0. The Labute approximate surface area is 181 Å². The van der Waals surface area contributed by atoms with E-state index in [2.05, 4.69) is 27.3 Å². The fourth-order valence-corrected chi connectivity index (χ4v) is 4.90. The zero-order valence-electron chi connectivity index (χ0n) is 17.2. The molecule has 2 aromatic carbocycles. The Morgan fingerprint density at radius 3 is 2.90 bits per heavy atom. The molecule has 30 heavy (non-hydrogen) atoms. The Morgan fingerprint density at radius 2 is 2.13 bits per heavy atom. The first-order chi connectivity index (χ1) is 14.7. The number of ether oxygens (including phenoxy) is 1. The topological polar surface area (TPSA) is 54.5 Å². The fraction of sp³-hybridized carbons (Fsp3) is 0.333. The van der Waals surface area contributed by atoms with Crippen molar-refractivity contribution >= 4 is 17.2 Å². The van der Waals surface area contributed by atoms with Crippen LogP contribution < -0.4 is 10.1 Å². The summed E-state index contributed by atoms with van der Waals surface area (Å²) >= 11 is 1.61. The number of piperidine rings is 1. The summed E-state index contributed by atoms with van der Waals surface area (Å²) in [5, 5.41) is 6.23. The molecule has 1 N–H and O–H groups in total. The molecule has 2 atom stereocenters. The summed E-state index contributed by atoms with van der Waals surface area (Å²) in [6, 6.07) is 17.6. The van der Waals surface area contributed by atoms with Crippen LogP contribution in [-0.2, 0) is 6.54 Å². The highest BCUT2D eigenvalue weighted by Gasteiger charge is 2.31. The lowest BCUT2D eigenvalue weighted by Crippen LogP contribution is -2.42. The van der Waals surface area contributed by atoms with Crippen molar-refractivity contribution in [3.8, 4) is 5.75 Å². The molecule has 0 spiro atoms. The zero-order chi connectivity index (χ0) is 20.8. The number of carbonyl (C=O) groups is 1. The molecule has 0 saturated carbocycles. The van der Waals surface area contributed by atoms with Crippen molar-refractivity contribution in [2.45, 2.75) is 25.4 Å². The summed E-state index contributed by atoms with van der Waals surface area (Å²) < 4.78 is 5.37. The summed E-state index contributed by atoms with van der Waals surface area (Å²) in [5.74, 6) is 1.17. The molecule has 0 unspecified atom stereocenters. The van der Waals surface area contributed by atoms with Gasteiger partial charge in [-0.3, -0.25) is 9.69 Å². The van der Waals surface area contributed by atoms with Crippen molar-refractivity contribution in [2.75, 3.05) is 20.2 Å². The van der Waals surface area contributed by atoms with Gasteiger partial charge in [0.15, 0.2) is 0 Å². The fourth-order valence-electron chi connectivity index (χ4n) is 4.12. The third-order valence-electron chi connectivity index (χ3n) is 5.59. The summed E-state index contributed by atoms with van der Waals surface area (Å²) in [4.78, 5) is 19.9. The quantitative estimate of drug-likeness (QED) is 0.609. The maximum atomic E-state index is 12.9. The minimum Gasteiger partial charge on any atom is -0.497 e. The van der Waals surface area contributed by atoms with Crippen LogP contribution in [0.3, 0.4) is 0 Å². The van der Waals surface area contributed by atoms with Gasteiger partial charge in [0, 0.05) is 30.2 Å². The number of aromatic nitrogens is 1. The number of hydrogen-bond donors (Lipinski definition) is 1. The number of hydrogen-bond acceptors (Lipinski definition) is 5. The minimum absolute atomic E-state index is 0.0410. The van der Waals surface area contributed by atoms with Crippen LogP contribution in [-0.4, -0.2) is 36.0 Å². The lowest BCUT2D eigenvalue weighted by Gasteiger charge is -2.36. The molecule has 1 aliphatic heterocycles. The van der Waals surface area contributed by atoms with Gasteiger partial charge >= 0.3 is 0 Å². The highest BCUT2D eigenvalue weighted by atomic mass is 32.1. The SMILES string of the molecule is COc1cccc(CN2CCC[C@H]([C@H](NC(=O)c3ccccc3)c3nccs3)C2)c1. The van der Waals surface area contributed by atoms with Gasteiger partial charge in [-0.05, 0) is 55.1 Å². The number of amides is 1. The van der Waals surface area contributed by atoms with Gasteiger partial charge in [0.05, 0.1) is 13.2 Å². The molecule has 1 saturated heterocycles. The molecule has 2 heterocycles. The van der Waals surface area contributed by atoms with Gasteiger partial charge < -0.3 is 10.1 Å². The van der Waals surface area contributed by atoms with Gasteiger partial charge in [0.1, 0.15) is 10.8 Å². The molecule has 1 aliphatic rings. The van der Waals surface area contributed by atoms with E-state index >= 15 is 0 Å². The number of benzene rings is 2. The molecular formula is C24H27N3O2S. The second-order valence-electron chi connectivity index (χ2n) is 7.68. The average Bonchev–Trinajstić information content (AvgIpc) is 3.33. The second-order valence-corrected chi connectivity index (χ2v) is 8.60. The molecule has 6 heteroatoms. The number of likely N-dealkylation sites (tertiary alicyclic amines) is 1. The number of rotatable bonds is 7. The first kappa shape index (κ1) is 20.6. The van der Waals surface area contributed by atoms with Gasteiger partial charge in [-0.25, -0.2) is 4.98 Å². The Morgan fingerprint density at radius 1 is 1.27 bits per heavy atom. The van der Waals surface area contributed by atoms with Gasteiger partial charge in [0.2, 0.25) is 0 Å². The van der Waals surface area contributed by atoms with E-state index in [9.17, 15) is 4.79 Å². The maximum Gasteiger partial charge on any atom is 0.251 e. The Kier molecular flexibility index (Phi) is 6.77. The van der Waals surface area contributed by atoms with Crippen LogP contribution in [0.4, 0.5) is 0 Å². The summed E-state index contributed by atoms with van der Waals surface area (Å²) in [6.45, 7) is 2.87. The van der Waals surface area contributed by atoms with E-state index in [1.54, 1.807) is 18.4 Å². The smallest absolute Gasteiger partial charge is 0.251 e. The van der Waals surface area contributed by atoms with Crippen molar-refractivity contribution in [1.82, 2.24) is 15.2 Å². The van der Waals surface area contributed by atoms with Gasteiger partial charge in [0.25, 0.3) is 5.91 Å². The van der Waals surface area contributed by atoms with Crippen LogP contribution in [0.2, 0.25) is 0 Å². The van der Waals surface area contributed by atoms with Crippen molar-refractivity contribution in [3.05, 3.63) is 82.3 Å². The van der Waals surface area contributed by atoms with Gasteiger partial charge in [-0.15, -0.1) is 11.3 Å². The number of nitrogens with zero attached hydrogens (tertiary/aromatic N) is 2. The van der Waals surface area contributed by atoms with E-state index in [0.29, 0.717) is 11.5 Å². The van der Waals surface area contributed by atoms with E-state index in [4.69, 9.17) is 4.74 Å². The van der Waals surface area contributed by atoms with Gasteiger partial charge in [-0.2, -0.15) is 0 Å². The lowest BCUT2D eigenvalue weighted by atomic mass is 9.90. The molecular weight excluding hydrogens is 394 g/mol. The summed E-state index contributed by atoms with van der Waals surface area (Å²) in [5.41, 5.74) is 1.93. The molecule has 1 fully saturated rings. The van der Waals surface area contributed by atoms with Crippen molar-refractivity contribution in [2.24, 2.45) is 5.92 Å². The molecule has 0 radical (unpaired) electrons. The molecule has 1 amide bonds. The highest BCUT2D eigenvalue weighted by Crippen LogP contribution is 2.32. The van der Waals surface area contributed by atoms with Crippen LogP contribution in [0.5, 0.6) is 5.75 Å². The minimum atomic E-state index is -0.0779. The number of nitrogens with one attached hydrogen (secondary N) is 1. The van der Waals surface area contributed by atoms with E-state index in [1.807, 2.05) is 54.0 Å². The van der Waals surface area contributed by atoms with Crippen molar-refractivity contribution < 1.29 is 9.53 Å². The highest BCUT2D eigenvalue weighted by molar-refractivity contribution is 7.09. The average molecular weight is 422 g/mol. The molecule has 1 aromatic heterocycles. The van der Waals surface area contributed by atoms with Crippen LogP contribution in [0, 0.1) is 5.92 Å². The third-order valence-corrected chi connectivity index (χ3v) is 6.45. The van der Waals surface area contributed by atoms with Gasteiger partial charge in [-0.1, -0.05) is 30.3 Å². The van der Waals surface area contributed by atoms with Crippen molar-refractivity contribution in [1.29, 1.82) is 0 Å². The molecule has 0 aliphatic carbocycles. The first-order valence-corrected chi connectivity index (χ1v) is 11.2. The number of methoxy groups -OCH3 is 1. The summed E-state index contributed by atoms with van der Waals surface area (Å²) in [7, 11) is 1.70. The largest absolute Gasteiger partial charge is 0.497 e. The lowest BCUT2D eigenvalue weighted by molar-refractivity contribution is 0.0877. The predicted molar refractivity (Wildman–Crippen MR) is 120 cm³/mol. The van der Waals surface area contributed by atoms with Crippen LogP contribution in [0.15, 0.2) is 66.2 Å². The summed E-state index contributed by atoms with van der Waals surface area (Å²) in [6.07, 6.45) is 4.00. The second kappa shape index (κ2) is 9.87. The molecule has 3 aromatic rings. The van der Waals surface area contributed by atoms with E-state index in [0.717, 1.165) is 43.2 Å². The van der Waals surface area contributed by atoms with E-state index in [-0.39, 0.29) is 11.9 Å². The first-order valence-electron chi connectivity index (χ1n) is 10.3. The number of thiazole rings is 1. The standard InChI is InChI=1S/C24H27N3O2S/c1-29-21-11-5-7-18(15-21)16-27-13-6-10-20(17-27)22(24-25-12-14-30-24)26-23(28)19-8-3-2-4-9-19/h2-5,7-9,11-12,14-15,20,22H,6,10,13,16-17H2,1H3,(H,26,28)/t20-,22-/m0/s1. The van der Waals surface area contributed by atoms with Crippen LogP contribution in [0.1, 0.15) is 39.8 Å². The molecule has 0 bridgehead atoms. The predicted octanol–water partition coefficient (Wildman–Crippen LogP) is 4.54. The van der Waals surface area contributed by atoms with Crippen LogP contribution in [0.25, 0.3) is 0 Å². The Balaban J connectivity index is 1.48. The Hall–Kier alpha value is -2.70.